The van der Waals surface area contributed by atoms with Crippen molar-refractivity contribution >= 4 is 17.5 Å². The fourth-order valence-corrected chi connectivity index (χ4v) is 3.75. The maximum atomic E-state index is 13.0. The van der Waals surface area contributed by atoms with Crippen molar-refractivity contribution < 1.29 is 9.59 Å². The molecule has 4 rings (SSSR count). The highest BCUT2D eigenvalue weighted by atomic mass is 16.2. The van der Waals surface area contributed by atoms with E-state index in [1.54, 1.807) is 23.4 Å². The van der Waals surface area contributed by atoms with Gasteiger partial charge in [-0.25, -0.2) is 0 Å². The van der Waals surface area contributed by atoms with Crippen LogP contribution in [0.1, 0.15) is 34.5 Å². The molecule has 2 aromatic heterocycles. The average molecular weight is 403 g/mol. The van der Waals surface area contributed by atoms with Gasteiger partial charge in [-0.3, -0.25) is 19.7 Å². The molecular formula is C23H25N5O2. The number of likely N-dealkylation sites (tertiary alicyclic amines) is 1. The van der Waals surface area contributed by atoms with Gasteiger partial charge in [0.2, 0.25) is 5.91 Å². The Morgan fingerprint density at radius 1 is 1.13 bits per heavy atom. The van der Waals surface area contributed by atoms with Crippen molar-refractivity contribution in [1.29, 1.82) is 0 Å². The molecule has 154 valence electrons. The normalized spacial score (nSPS) is 16.3. The lowest BCUT2D eigenvalue weighted by molar-refractivity contribution is -0.121. The Bertz CT molecular complexity index is 1060. The number of nitrogens with one attached hydrogen (secondary N) is 2. The van der Waals surface area contributed by atoms with Crippen LogP contribution in [0.5, 0.6) is 0 Å². The van der Waals surface area contributed by atoms with Gasteiger partial charge < -0.3 is 10.2 Å². The number of piperidine rings is 1. The second-order valence-electron chi connectivity index (χ2n) is 7.80. The van der Waals surface area contributed by atoms with Crippen LogP contribution in [0.4, 0.5) is 5.69 Å². The van der Waals surface area contributed by atoms with Crippen molar-refractivity contribution in [2.75, 3.05) is 18.4 Å². The number of H-pyrrole nitrogens is 1. The van der Waals surface area contributed by atoms with Gasteiger partial charge in [-0.05, 0) is 62.1 Å². The third-order valence-corrected chi connectivity index (χ3v) is 5.51. The quantitative estimate of drug-likeness (QED) is 0.697. The van der Waals surface area contributed by atoms with Gasteiger partial charge in [0.15, 0.2) is 0 Å². The van der Waals surface area contributed by atoms with E-state index in [0.29, 0.717) is 24.5 Å². The van der Waals surface area contributed by atoms with Gasteiger partial charge >= 0.3 is 0 Å². The van der Waals surface area contributed by atoms with Gasteiger partial charge in [-0.15, -0.1) is 0 Å². The lowest BCUT2D eigenvalue weighted by Gasteiger charge is -2.31. The molecule has 1 saturated heterocycles. The Morgan fingerprint density at radius 2 is 1.93 bits per heavy atom. The van der Waals surface area contributed by atoms with Crippen LogP contribution in [-0.2, 0) is 4.79 Å². The third-order valence-electron chi connectivity index (χ3n) is 5.51. The van der Waals surface area contributed by atoms with Crippen LogP contribution in [0.25, 0.3) is 11.3 Å². The highest BCUT2D eigenvalue weighted by molar-refractivity contribution is 5.96. The minimum absolute atomic E-state index is 0.0386. The van der Waals surface area contributed by atoms with E-state index in [1.165, 1.54) is 0 Å². The zero-order valence-corrected chi connectivity index (χ0v) is 17.2. The van der Waals surface area contributed by atoms with Gasteiger partial charge in [-0.1, -0.05) is 12.1 Å². The molecule has 1 aliphatic heterocycles. The van der Waals surface area contributed by atoms with Gasteiger partial charge in [0.1, 0.15) is 5.69 Å². The number of anilines is 1. The number of amides is 2. The van der Waals surface area contributed by atoms with Crippen LogP contribution in [0.15, 0.2) is 48.8 Å². The Kier molecular flexibility index (Phi) is 5.61. The summed E-state index contributed by atoms with van der Waals surface area (Å²) in [5.41, 5.74) is 4.97. The number of pyridine rings is 1. The van der Waals surface area contributed by atoms with Crippen molar-refractivity contribution in [3.63, 3.8) is 0 Å². The lowest BCUT2D eigenvalue weighted by Crippen LogP contribution is -2.44. The molecule has 1 fully saturated rings. The second-order valence-corrected chi connectivity index (χ2v) is 7.80. The summed E-state index contributed by atoms with van der Waals surface area (Å²) < 4.78 is 0. The first-order valence-corrected chi connectivity index (χ1v) is 10.1. The molecule has 30 heavy (non-hydrogen) atoms. The largest absolute Gasteiger partial charge is 0.337 e. The molecule has 1 unspecified atom stereocenters. The highest BCUT2D eigenvalue weighted by Crippen LogP contribution is 2.23. The molecule has 0 aliphatic carbocycles. The molecule has 1 atom stereocenters. The van der Waals surface area contributed by atoms with Crippen LogP contribution in [-0.4, -0.2) is 45.0 Å². The number of aromatic amines is 1. The van der Waals surface area contributed by atoms with E-state index in [2.05, 4.69) is 20.5 Å². The van der Waals surface area contributed by atoms with E-state index >= 15 is 0 Å². The van der Waals surface area contributed by atoms with Crippen molar-refractivity contribution in [2.24, 2.45) is 5.92 Å². The molecule has 3 heterocycles. The van der Waals surface area contributed by atoms with Crippen LogP contribution < -0.4 is 5.32 Å². The van der Waals surface area contributed by atoms with Gasteiger partial charge in [0.25, 0.3) is 5.91 Å². The van der Waals surface area contributed by atoms with E-state index < -0.39 is 0 Å². The summed E-state index contributed by atoms with van der Waals surface area (Å²) in [4.78, 5) is 31.6. The first kappa shape index (κ1) is 19.8. The number of nitrogens with zero attached hydrogens (tertiary/aromatic N) is 3. The number of rotatable bonds is 4. The van der Waals surface area contributed by atoms with Crippen molar-refractivity contribution in [3.05, 3.63) is 65.6 Å². The van der Waals surface area contributed by atoms with E-state index in [4.69, 9.17) is 0 Å². The molecule has 0 radical (unpaired) electrons. The Morgan fingerprint density at radius 3 is 2.73 bits per heavy atom. The minimum atomic E-state index is -0.231. The maximum Gasteiger partial charge on any atom is 0.271 e. The minimum Gasteiger partial charge on any atom is -0.337 e. The number of carbonyl (C=O) groups excluding carboxylic acids is 2. The zero-order chi connectivity index (χ0) is 21.1. The summed E-state index contributed by atoms with van der Waals surface area (Å²) in [6.07, 6.45) is 4.94. The molecule has 7 nitrogen and oxygen atoms in total. The van der Waals surface area contributed by atoms with E-state index in [1.807, 2.05) is 44.2 Å². The Hall–Kier alpha value is -3.48. The van der Waals surface area contributed by atoms with E-state index in [0.717, 1.165) is 35.2 Å². The van der Waals surface area contributed by atoms with Crippen LogP contribution >= 0.6 is 0 Å². The molecule has 2 amide bonds. The molecule has 0 spiro atoms. The third kappa shape index (κ3) is 4.25. The zero-order valence-electron chi connectivity index (χ0n) is 17.2. The second kappa shape index (κ2) is 8.49. The summed E-state index contributed by atoms with van der Waals surface area (Å²) in [6.45, 7) is 5.01. The molecule has 0 bridgehead atoms. The lowest BCUT2D eigenvalue weighted by atomic mass is 9.96. The first-order chi connectivity index (χ1) is 14.5. The monoisotopic (exact) mass is 403 g/mol. The number of benzene rings is 1. The molecule has 1 aromatic carbocycles. The van der Waals surface area contributed by atoms with Gasteiger partial charge in [-0.2, -0.15) is 5.10 Å². The summed E-state index contributed by atoms with van der Waals surface area (Å²) in [6, 6.07) is 11.4. The number of carbonyl (C=O) groups is 2. The fraction of sp³-hybridized carbons (Fsp3) is 0.304. The van der Waals surface area contributed by atoms with Crippen molar-refractivity contribution in [3.8, 4) is 11.3 Å². The molecule has 2 N–H and O–H groups in total. The molecule has 3 aromatic rings. The number of aryl methyl sites for hydroxylation is 2. The predicted molar refractivity (Wildman–Crippen MR) is 115 cm³/mol. The molecule has 0 saturated carbocycles. The van der Waals surface area contributed by atoms with Gasteiger partial charge in [0, 0.05) is 36.7 Å². The summed E-state index contributed by atoms with van der Waals surface area (Å²) in [5, 5.41) is 10.1. The fourth-order valence-electron chi connectivity index (χ4n) is 3.75. The highest BCUT2D eigenvalue weighted by Gasteiger charge is 2.30. The predicted octanol–water partition coefficient (Wildman–Crippen LogP) is 3.58. The molecule has 1 aliphatic rings. The van der Waals surface area contributed by atoms with Crippen LogP contribution in [0.2, 0.25) is 0 Å². The van der Waals surface area contributed by atoms with Gasteiger partial charge in [0.05, 0.1) is 11.6 Å². The smallest absolute Gasteiger partial charge is 0.271 e. The standard InChI is InChI=1S/C23H25N5O2/c1-15-5-6-16(2)19(12-15)25-22(29)18-4-3-11-28(14-18)23(30)21-13-20(26-27-21)17-7-9-24-10-8-17/h5-10,12-13,18H,3-4,11,14H2,1-2H3,(H,25,29)(H,26,27). The van der Waals surface area contributed by atoms with E-state index in [9.17, 15) is 9.59 Å². The topological polar surface area (TPSA) is 91.0 Å². The summed E-state index contributed by atoms with van der Waals surface area (Å²) >= 11 is 0. The Labute approximate surface area is 175 Å². The average Bonchev–Trinajstić information content (AvgIpc) is 3.27. The molecule has 7 heteroatoms. The summed E-state index contributed by atoms with van der Waals surface area (Å²) in [5.74, 6) is -0.402. The summed E-state index contributed by atoms with van der Waals surface area (Å²) in [7, 11) is 0. The molecular weight excluding hydrogens is 378 g/mol. The van der Waals surface area contributed by atoms with E-state index in [-0.39, 0.29) is 17.7 Å². The van der Waals surface area contributed by atoms with Crippen molar-refractivity contribution in [1.82, 2.24) is 20.1 Å². The maximum absolute atomic E-state index is 13.0. The van der Waals surface area contributed by atoms with Crippen molar-refractivity contribution in [2.45, 2.75) is 26.7 Å². The number of hydrogen-bond donors (Lipinski definition) is 2. The number of aromatic nitrogens is 3. The van der Waals surface area contributed by atoms with Crippen LogP contribution in [0, 0.1) is 19.8 Å². The first-order valence-electron chi connectivity index (χ1n) is 10.1. The SMILES string of the molecule is Cc1ccc(C)c(NC(=O)C2CCCN(C(=O)c3cc(-c4ccncc4)n[nH]3)C2)c1. The Balaban J connectivity index is 1.43. The number of hydrogen-bond acceptors (Lipinski definition) is 4. The van der Waals surface area contributed by atoms with Crippen LogP contribution in [0.3, 0.4) is 0 Å².